The van der Waals surface area contributed by atoms with Crippen molar-refractivity contribution in [3.8, 4) is 17.3 Å². The smallest absolute Gasteiger partial charge is 0.286 e. The first-order valence-electron chi connectivity index (χ1n) is 9.08. The zero-order valence-corrected chi connectivity index (χ0v) is 15.6. The monoisotopic (exact) mass is 393 g/mol. The highest BCUT2D eigenvalue weighted by Crippen LogP contribution is 2.32. The first kappa shape index (κ1) is 18.7. The molecule has 1 N–H and O–H groups in total. The minimum Gasteiger partial charge on any atom is -0.344 e. The number of nitrogens with zero attached hydrogens (tertiary/aromatic N) is 4. The van der Waals surface area contributed by atoms with Crippen LogP contribution in [0.4, 0.5) is 8.78 Å². The van der Waals surface area contributed by atoms with E-state index in [1.807, 2.05) is 6.07 Å². The number of carbonyl (C=O) groups excluding carboxylic acids is 1. The van der Waals surface area contributed by atoms with Crippen LogP contribution in [0.25, 0.3) is 11.3 Å². The molecule has 1 amide bonds. The third-order valence-electron chi connectivity index (χ3n) is 4.86. The summed E-state index contributed by atoms with van der Waals surface area (Å²) in [7, 11) is 0. The normalized spacial score (nSPS) is 15.6. The van der Waals surface area contributed by atoms with Gasteiger partial charge in [-0.25, -0.2) is 0 Å². The van der Waals surface area contributed by atoms with E-state index in [2.05, 4.69) is 15.4 Å². The molecule has 8 heteroatoms. The molecule has 146 valence electrons. The standard InChI is InChI=1S/C21H17F2N5O/c1-21(22,23)19-10-14(5-7-25-19)17-11-18-16(6-8-28(18)27-17)26-20(29)15-4-2-3-13(9-15)12-24/h2-5,7,9-11,16H,6,8H2,1H3,(H,26,29)/t16-/m0/s1. The Morgan fingerprint density at radius 1 is 1.31 bits per heavy atom. The third kappa shape index (κ3) is 3.72. The van der Waals surface area contributed by atoms with Crippen LogP contribution in [-0.4, -0.2) is 20.7 Å². The van der Waals surface area contributed by atoms with Crippen molar-refractivity contribution >= 4 is 5.91 Å². The number of hydrogen-bond donors (Lipinski definition) is 1. The molecule has 0 saturated heterocycles. The second kappa shape index (κ2) is 7.09. The van der Waals surface area contributed by atoms with Gasteiger partial charge in [-0.3, -0.25) is 14.5 Å². The number of amides is 1. The second-order valence-electron chi connectivity index (χ2n) is 7.00. The molecule has 1 aliphatic rings. The molecule has 0 saturated carbocycles. The van der Waals surface area contributed by atoms with Crippen LogP contribution in [0, 0.1) is 11.3 Å². The molecule has 1 atom stereocenters. The lowest BCUT2D eigenvalue weighted by Crippen LogP contribution is -2.27. The van der Waals surface area contributed by atoms with E-state index < -0.39 is 5.92 Å². The molecule has 2 aromatic heterocycles. The Morgan fingerprint density at radius 2 is 2.14 bits per heavy atom. The minimum absolute atomic E-state index is 0.247. The van der Waals surface area contributed by atoms with Gasteiger partial charge in [-0.05, 0) is 42.8 Å². The molecule has 0 radical (unpaired) electrons. The second-order valence-corrected chi connectivity index (χ2v) is 7.00. The van der Waals surface area contributed by atoms with Gasteiger partial charge in [0.2, 0.25) is 0 Å². The van der Waals surface area contributed by atoms with Crippen molar-refractivity contribution in [2.45, 2.75) is 31.9 Å². The first-order valence-corrected chi connectivity index (χ1v) is 9.08. The third-order valence-corrected chi connectivity index (χ3v) is 4.86. The highest BCUT2D eigenvalue weighted by atomic mass is 19.3. The van der Waals surface area contributed by atoms with Crippen molar-refractivity contribution in [3.05, 3.63) is 71.2 Å². The van der Waals surface area contributed by atoms with Gasteiger partial charge < -0.3 is 5.32 Å². The average molecular weight is 393 g/mol. The molecule has 0 unspecified atom stereocenters. The molecule has 1 aliphatic heterocycles. The number of aryl methyl sites for hydroxylation is 1. The number of alkyl halides is 2. The van der Waals surface area contributed by atoms with Gasteiger partial charge in [-0.1, -0.05) is 6.07 Å². The van der Waals surface area contributed by atoms with Gasteiger partial charge in [-0.2, -0.15) is 19.1 Å². The van der Waals surface area contributed by atoms with E-state index in [1.54, 1.807) is 35.0 Å². The van der Waals surface area contributed by atoms with Crippen LogP contribution in [0.2, 0.25) is 0 Å². The van der Waals surface area contributed by atoms with Crippen molar-refractivity contribution in [2.75, 3.05) is 0 Å². The number of rotatable bonds is 4. The van der Waals surface area contributed by atoms with E-state index in [-0.39, 0.29) is 17.6 Å². The molecule has 0 aliphatic carbocycles. The van der Waals surface area contributed by atoms with Crippen molar-refractivity contribution in [1.82, 2.24) is 20.1 Å². The molecule has 1 aromatic carbocycles. The molecular formula is C21H17F2N5O. The summed E-state index contributed by atoms with van der Waals surface area (Å²) < 4.78 is 28.9. The molecular weight excluding hydrogens is 376 g/mol. The van der Waals surface area contributed by atoms with Crippen molar-refractivity contribution < 1.29 is 13.6 Å². The number of carbonyl (C=O) groups is 1. The van der Waals surface area contributed by atoms with Crippen LogP contribution in [0.3, 0.4) is 0 Å². The van der Waals surface area contributed by atoms with E-state index in [0.717, 1.165) is 12.6 Å². The summed E-state index contributed by atoms with van der Waals surface area (Å²) in [5, 5.41) is 16.4. The maximum Gasteiger partial charge on any atom is 0.286 e. The summed E-state index contributed by atoms with van der Waals surface area (Å²) in [6, 6.07) is 13.0. The molecule has 6 nitrogen and oxygen atoms in total. The lowest BCUT2D eigenvalue weighted by Gasteiger charge is -2.12. The predicted molar refractivity (Wildman–Crippen MR) is 101 cm³/mol. The van der Waals surface area contributed by atoms with Crippen molar-refractivity contribution in [2.24, 2.45) is 0 Å². The number of halogens is 2. The van der Waals surface area contributed by atoms with E-state index in [4.69, 9.17) is 5.26 Å². The van der Waals surface area contributed by atoms with Crippen molar-refractivity contribution in [1.29, 1.82) is 5.26 Å². The Morgan fingerprint density at radius 3 is 2.90 bits per heavy atom. The van der Waals surface area contributed by atoms with Gasteiger partial charge in [0, 0.05) is 30.8 Å². The summed E-state index contributed by atoms with van der Waals surface area (Å²) in [5.41, 5.74) is 2.42. The van der Waals surface area contributed by atoms with E-state index in [0.29, 0.717) is 35.3 Å². The zero-order chi connectivity index (χ0) is 20.6. The number of hydrogen-bond acceptors (Lipinski definition) is 4. The number of aromatic nitrogens is 3. The summed E-state index contributed by atoms with van der Waals surface area (Å²) in [4.78, 5) is 16.3. The molecule has 29 heavy (non-hydrogen) atoms. The number of nitriles is 1. The van der Waals surface area contributed by atoms with Gasteiger partial charge in [0.1, 0.15) is 5.69 Å². The predicted octanol–water partition coefficient (Wildman–Crippen LogP) is 3.80. The number of benzene rings is 1. The molecule has 4 rings (SSSR count). The highest BCUT2D eigenvalue weighted by Gasteiger charge is 2.29. The minimum atomic E-state index is -3.03. The molecule has 0 bridgehead atoms. The quantitative estimate of drug-likeness (QED) is 0.731. The zero-order valence-electron chi connectivity index (χ0n) is 15.6. The molecule has 0 fully saturated rings. The van der Waals surface area contributed by atoms with Crippen LogP contribution in [0.5, 0.6) is 0 Å². The largest absolute Gasteiger partial charge is 0.344 e. The van der Waals surface area contributed by atoms with Crippen LogP contribution >= 0.6 is 0 Å². The van der Waals surface area contributed by atoms with Crippen LogP contribution in [-0.2, 0) is 12.5 Å². The van der Waals surface area contributed by atoms with E-state index >= 15 is 0 Å². The van der Waals surface area contributed by atoms with Gasteiger partial charge in [-0.15, -0.1) is 0 Å². The topological polar surface area (TPSA) is 83.6 Å². The number of fused-ring (bicyclic) bond motifs is 1. The maximum atomic E-state index is 13.6. The summed E-state index contributed by atoms with van der Waals surface area (Å²) in [6.45, 7) is 1.42. The fourth-order valence-electron chi connectivity index (χ4n) is 3.38. The molecule has 3 aromatic rings. The summed E-state index contributed by atoms with van der Waals surface area (Å²) in [6.07, 6.45) is 2.02. The summed E-state index contributed by atoms with van der Waals surface area (Å²) >= 11 is 0. The molecule has 0 spiro atoms. The van der Waals surface area contributed by atoms with Crippen LogP contribution in [0.15, 0.2) is 48.7 Å². The van der Waals surface area contributed by atoms with Gasteiger partial charge >= 0.3 is 0 Å². The lowest BCUT2D eigenvalue weighted by molar-refractivity contribution is 0.0128. The Bertz CT molecular complexity index is 1130. The van der Waals surface area contributed by atoms with Gasteiger partial charge in [0.25, 0.3) is 11.8 Å². The van der Waals surface area contributed by atoms with E-state index in [1.165, 1.54) is 18.3 Å². The first-order chi connectivity index (χ1) is 13.8. The Kier molecular flexibility index (Phi) is 4.59. The van der Waals surface area contributed by atoms with Gasteiger partial charge in [0.05, 0.1) is 29.1 Å². The number of pyridine rings is 1. The Hall–Kier alpha value is -3.60. The molecule has 3 heterocycles. The maximum absolute atomic E-state index is 13.6. The van der Waals surface area contributed by atoms with Crippen LogP contribution < -0.4 is 5.32 Å². The van der Waals surface area contributed by atoms with Crippen molar-refractivity contribution in [3.63, 3.8) is 0 Å². The summed E-state index contributed by atoms with van der Waals surface area (Å²) in [5.74, 6) is -3.31. The lowest BCUT2D eigenvalue weighted by atomic mass is 10.1. The van der Waals surface area contributed by atoms with E-state index in [9.17, 15) is 13.6 Å². The fourth-order valence-corrected chi connectivity index (χ4v) is 3.38. The van der Waals surface area contributed by atoms with Crippen LogP contribution in [0.1, 0.15) is 46.7 Å². The average Bonchev–Trinajstić information content (AvgIpc) is 3.29. The SMILES string of the molecule is CC(F)(F)c1cc(-c2cc3n(n2)CC[C@@H]3NC(=O)c2cccc(C#N)c2)ccn1. The van der Waals surface area contributed by atoms with Gasteiger partial charge in [0.15, 0.2) is 0 Å². The Balaban J connectivity index is 1.57. The fraction of sp³-hybridized carbons (Fsp3) is 0.238. The Labute approximate surface area is 165 Å². The number of nitrogens with one attached hydrogen (secondary N) is 1. The highest BCUT2D eigenvalue weighted by molar-refractivity contribution is 5.94.